The number of nitrogens with zero attached hydrogens (tertiary/aromatic N) is 1. The molecular weight excluding hydrogens is 503 g/mol. The molecule has 0 aliphatic rings. The van der Waals surface area contributed by atoms with Gasteiger partial charge in [0.25, 0.3) is 0 Å². The number of rotatable bonds is 25. The molecule has 0 spiro atoms. The first-order valence-electron chi connectivity index (χ1n) is 15.4. The lowest BCUT2D eigenvalue weighted by atomic mass is 10.0. The van der Waals surface area contributed by atoms with Crippen molar-refractivity contribution in [2.45, 2.75) is 141 Å². The number of quaternary nitrogens is 1. The van der Waals surface area contributed by atoms with E-state index in [0.717, 1.165) is 6.54 Å². The molecule has 0 radical (unpaired) electrons. The predicted octanol–water partition coefficient (Wildman–Crippen LogP) is 5.81. The van der Waals surface area contributed by atoms with Gasteiger partial charge in [-0.3, -0.25) is 4.57 Å². The van der Waals surface area contributed by atoms with Crippen LogP contribution in [0.1, 0.15) is 124 Å². The lowest BCUT2D eigenvalue weighted by molar-refractivity contribution is -0.872. The molecule has 38 heavy (non-hydrogen) atoms. The van der Waals surface area contributed by atoms with Crippen molar-refractivity contribution in [2.75, 3.05) is 47.4 Å². The van der Waals surface area contributed by atoms with Gasteiger partial charge in [0, 0.05) is 19.2 Å². The molecule has 0 saturated heterocycles. The molecule has 0 aliphatic carbocycles. The van der Waals surface area contributed by atoms with Gasteiger partial charge in [0.15, 0.2) is 0 Å². The van der Waals surface area contributed by atoms with Crippen LogP contribution in [-0.4, -0.2) is 89.9 Å². The molecule has 8 nitrogen and oxygen atoms in total. The standard InChI is InChI=1S/C24H51NO2.C5H14NO4P/c1-4-6-7-8-9-10-11-12-13-14-15-16-17-18-19-20-23(3)25-21-24(22-26)27-5-2;1-6(2,3)4-5(7)11(8,9)10/h23-26H,4-22H2,1-3H3;5,7H,4H2,1-3H3,(H-,8,9,10)/p+1. The zero-order valence-electron chi connectivity index (χ0n) is 25.9. The van der Waals surface area contributed by atoms with Gasteiger partial charge in [0.2, 0.25) is 5.85 Å². The second-order valence-corrected chi connectivity index (χ2v) is 13.6. The fourth-order valence-corrected chi connectivity index (χ4v) is 4.97. The number of hydrogen-bond acceptors (Lipinski definition) is 5. The van der Waals surface area contributed by atoms with Crippen molar-refractivity contribution in [1.29, 1.82) is 0 Å². The first kappa shape index (κ1) is 40.1. The summed E-state index contributed by atoms with van der Waals surface area (Å²) in [4.78, 5) is 17.0. The highest BCUT2D eigenvalue weighted by Gasteiger charge is 2.31. The molecule has 0 heterocycles. The third-order valence-electron chi connectivity index (χ3n) is 6.64. The molecule has 3 atom stereocenters. The molecule has 0 fully saturated rings. The van der Waals surface area contributed by atoms with E-state index in [1.54, 1.807) is 21.1 Å². The van der Waals surface area contributed by atoms with Gasteiger partial charge in [0.05, 0.1) is 33.9 Å². The summed E-state index contributed by atoms with van der Waals surface area (Å²) < 4.78 is 16.2. The zero-order valence-corrected chi connectivity index (χ0v) is 26.8. The molecule has 0 aromatic heterocycles. The predicted molar refractivity (Wildman–Crippen MR) is 160 cm³/mol. The van der Waals surface area contributed by atoms with E-state index in [4.69, 9.17) is 19.6 Å². The Morgan fingerprint density at radius 1 is 0.789 bits per heavy atom. The minimum Gasteiger partial charge on any atom is -0.394 e. The van der Waals surface area contributed by atoms with Crippen LogP contribution in [-0.2, 0) is 9.30 Å². The SMILES string of the molecule is CCCCCCCCCCCCCCCCCC(C)NCC(CO)OCC.C[N+](C)(C)CC(O)P(=O)(O)O. The second kappa shape index (κ2) is 25.9. The third kappa shape index (κ3) is 30.5. The maximum Gasteiger partial charge on any atom is 0.359 e. The number of aliphatic hydroxyl groups excluding tert-OH is 2. The first-order valence-corrected chi connectivity index (χ1v) is 17.0. The van der Waals surface area contributed by atoms with E-state index in [9.17, 15) is 9.67 Å². The third-order valence-corrected chi connectivity index (χ3v) is 7.58. The molecule has 0 aromatic carbocycles. The molecule has 0 amide bonds. The Bertz CT molecular complexity index is 542. The topological polar surface area (TPSA) is 119 Å². The number of nitrogens with one attached hydrogen (secondary N) is 1. The monoisotopic (exact) mass is 569 g/mol. The Labute approximate surface area is 235 Å². The number of hydrogen-bond donors (Lipinski definition) is 5. The Hall–Kier alpha value is -0.0500. The fourth-order valence-electron chi connectivity index (χ4n) is 4.26. The number of ether oxygens (including phenoxy) is 1. The molecule has 0 aliphatic heterocycles. The van der Waals surface area contributed by atoms with Crippen LogP contribution < -0.4 is 5.32 Å². The van der Waals surface area contributed by atoms with Crippen molar-refractivity contribution >= 4 is 7.60 Å². The summed E-state index contributed by atoms with van der Waals surface area (Å²) in [5.41, 5.74) is 0. The zero-order chi connectivity index (χ0) is 29.3. The largest absolute Gasteiger partial charge is 0.394 e. The van der Waals surface area contributed by atoms with Crippen LogP contribution in [0.4, 0.5) is 0 Å². The number of unbranched alkanes of at least 4 members (excludes halogenated alkanes) is 14. The highest BCUT2D eigenvalue weighted by Crippen LogP contribution is 2.39. The van der Waals surface area contributed by atoms with Crippen LogP contribution in [0.3, 0.4) is 0 Å². The Balaban J connectivity index is 0. The quantitative estimate of drug-likeness (QED) is 0.0535. The lowest BCUT2D eigenvalue weighted by Crippen LogP contribution is -2.41. The molecule has 0 aromatic rings. The molecule has 3 unspecified atom stereocenters. The number of likely N-dealkylation sites (N-methyl/N-ethyl adjacent to an activating group) is 1. The summed E-state index contributed by atoms with van der Waals surface area (Å²) >= 11 is 0. The maximum absolute atomic E-state index is 10.4. The minimum atomic E-state index is -4.31. The first-order chi connectivity index (χ1) is 17.9. The van der Waals surface area contributed by atoms with Crippen molar-refractivity contribution in [3.63, 3.8) is 0 Å². The average Bonchev–Trinajstić information content (AvgIpc) is 2.83. The van der Waals surface area contributed by atoms with Gasteiger partial charge in [-0.25, -0.2) is 0 Å². The van der Waals surface area contributed by atoms with Gasteiger partial charge in [-0.05, 0) is 20.3 Å². The van der Waals surface area contributed by atoms with E-state index in [2.05, 4.69) is 19.2 Å². The summed E-state index contributed by atoms with van der Waals surface area (Å²) in [6, 6.07) is 0.515. The van der Waals surface area contributed by atoms with Gasteiger partial charge < -0.3 is 34.5 Å². The Morgan fingerprint density at radius 2 is 1.21 bits per heavy atom. The summed E-state index contributed by atoms with van der Waals surface area (Å²) in [6.45, 7) is 8.07. The van der Waals surface area contributed by atoms with E-state index in [-0.39, 0.29) is 19.3 Å². The van der Waals surface area contributed by atoms with E-state index in [1.807, 2.05) is 6.92 Å². The summed E-state index contributed by atoms with van der Waals surface area (Å²) in [5, 5.41) is 21.6. The summed E-state index contributed by atoms with van der Waals surface area (Å²) in [5.74, 6) is -1.55. The van der Waals surface area contributed by atoms with Crippen molar-refractivity contribution < 1.29 is 33.8 Å². The molecular formula is C29H66N2O6P+. The van der Waals surface area contributed by atoms with E-state index >= 15 is 0 Å². The van der Waals surface area contributed by atoms with Crippen molar-refractivity contribution in [1.82, 2.24) is 5.32 Å². The summed E-state index contributed by atoms with van der Waals surface area (Å²) in [6.07, 6.45) is 22.5. The fraction of sp³-hybridized carbons (Fsp3) is 1.00. The Morgan fingerprint density at radius 3 is 1.53 bits per heavy atom. The van der Waals surface area contributed by atoms with Crippen LogP contribution >= 0.6 is 7.60 Å². The normalized spacial score (nSPS) is 14.6. The highest BCUT2D eigenvalue weighted by atomic mass is 31.2. The van der Waals surface area contributed by atoms with Gasteiger partial charge in [-0.15, -0.1) is 0 Å². The molecule has 0 bridgehead atoms. The van der Waals surface area contributed by atoms with Crippen molar-refractivity contribution in [2.24, 2.45) is 0 Å². The molecule has 0 saturated carbocycles. The van der Waals surface area contributed by atoms with Gasteiger partial charge in [0.1, 0.15) is 6.54 Å². The number of aliphatic hydroxyl groups is 2. The van der Waals surface area contributed by atoms with Crippen molar-refractivity contribution in [3.8, 4) is 0 Å². The molecule has 5 N–H and O–H groups in total. The molecule has 232 valence electrons. The smallest absolute Gasteiger partial charge is 0.359 e. The van der Waals surface area contributed by atoms with Crippen molar-refractivity contribution in [3.05, 3.63) is 0 Å². The van der Waals surface area contributed by atoms with Gasteiger partial charge in [-0.2, -0.15) is 0 Å². The Kier molecular flexibility index (Phi) is 27.3. The highest BCUT2D eigenvalue weighted by molar-refractivity contribution is 7.52. The van der Waals surface area contributed by atoms with Gasteiger partial charge >= 0.3 is 7.60 Å². The van der Waals surface area contributed by atoms with E-state index in [1.165, 1.54) is 103 Å². The van der Waals surface area contributed by atoms with E-state index in [0.29, 0.717) is 17.1 Å². The van der Waals surface area contributed by atoms with Crippen LogP contribution in [0.5, 0.6) is 0 Å². The molecule has 0 rings (SSSR count). The maximum atomic E-state index is 10.4. The van der Waals surface area contributed by atoms with Crippen LogP contribution in [0.2, 0.25) is 0 Å². The average molecular weight is 570 g/mol. The summed E-state index contributed by atoms with van der Waals surface area (Å²) in [7, 11) is 0.933. The van der Waals surface area contributed by atoms with E-state index < -0.39 is 13.4 Å². The van der Waals surface area contributed by atoms with Crippen LogP contribution in [0.25, 0.3) is 0 Å². The van der Waals surface area contributed by atoms with Gasteiger partial charge in [-0.1, -0.05) is 103 Å². The molecule has 9 heteroatoms. The van der Waals surface area contributed by atoms with Crippen LogP contribution in [0, 0.1) is 0 Å². The lowest BCUT2D eigenvalue weighted by Gasteiger charge is -2.26. The van der Waals surface area contributed by atoms with Crippen LogP contribution in [0.15, 0.2) is 0 Å². The minimum absolute atomic E-state index is 0.0459. The second-order valence-electron chi connectivity index (χ2n) is 11.9.